The molecule has 1 aromatic rings. The molecule has 0 bridgehead atoms. The first kappa shape index (κ1) is 27.2. The first-order valence-corrected chi connectivity index (χ1v) is 12.5. The minimum Gasteiger partial charge on any atom is -0.467 e. The van der Waals surface area contributed by atoms with Crippen LogP contribution >= 0.6 is 0 Å². The molecule has 0 fully saturated rings. The minimum absolute atomic E-state index is 0.0930. The van der Waals surface area contributed by atoms with Crippen LogP contribution in [0.25, 0.3) is 0 Å². The van der Waals surface area contributed by atoms with E-state index < -0.39 is 12.0 Å². The predicted octanol–water partition coefficient (Wildman–Crippen LogP) is 5.87. The topological polar surface area (TPSA) is 84.1 Å². The maximum absolute atomic E-state index is 12.2. The van der Waals surface area contributed by atoms with Crippen LogP contribution in [0.4, 0.5) is 0 Å². The Morgan fingerprint density at radius 1 is 0.903 bits per heavy atom. The number of imidazole rings is 1. The Hall–Kier alpha value is -1.85. The fourth-order valence-electron chi connectivity index (χ4n) is 3.88. The molecule has 1 heterocycles. The van der Waals surface area contributed by atoms with Gasteiger partial charge in [0.1, 0.15) is 6.04 Å². The van der Waals surface area contributed by atoms with E-state index in [1.807, 2.05) is 0 Å². The van der Waals surface area contributed by atoms with E-state index in [1.165, 1.54) is 90.6 Å². The van der Waals surface area contributed by atoms with Gasteiger partial charge in [0.15, 0.2) is 0 Å². The zero-order chi connectivity index (χ0) is 22.6. The fraction of sp³-hybridized carbons (Fsp3) is 0.800. The first-order valence-electron chi connectivity index (χ1n) is 12.5. The van der Waals surface area contributed by atoms with Gasteiger partial charge in [0, 0.05) is 24.7 Å². The molecule has 0 unspecified atom stereocenters. The average molecular weight is 436 g/mol. The third kappa shape index (κ3) is 14.7. The summed E-state index contributed by atoms with van der Waals surface area (Å²) in [5.41, 5.74) is 0.794. The number of carbonyl (C=O) groups is 2. The molecule has 0 aliphatic carbocycles. The molecule has 0 saturated heterocycles. The number of carbonyl (C=O) groups excluding carboxylic acids is 2. The SMILES string of the molecule is CCCCCCCCCCCCCCCCCC(=O)N[C@H](Cc1cnc[nH]1)C(=O)OC. The molecule has 31 heavy (non-hydrogen) atoms. The maximum Gasteiger partial charge on any atom is 0.328 e. The van der Waals surface area contributed by atoms with Crippen LogP contribution in [0.5, 0.6) is 0 Å². The molecule has 0 spiro atoms. The van der Waals surface area contributed by atoms with E-state index in [2.05, 4.69) is 22.2 Å². The summed E-state index contributed by atoms with van der Waals surface area (Å²) < 4.78 is 4.81. The number of methoxy groups -OCH3 is 1. The van der Waals surface area contributed by atoms with Gasteiger partial charge >= 0.3 is 5.97 Å². The molecule has 1 amide bonds. The van der Waals surface area contributed by atoms with Crippen molar-refractivity contribution in [3.8, 4) is 0 Å². The number of aromatic nitrogens is 2. The van der Waals surface area contributed by atoms with E-state index in [9.17, 15) is 9.59 Å². The quantitative estimate of drug-likeness (QED) is 0.198. The summed E-state index contributed by atoms with van der Waals surface area (Å²) in [4.78, 5) is 31.0. The second kappa shape index (κ2) is 18.9. The molecular weight excluding hydrogens is 390 g/mol. The molecule has 6 heteroatoms. The first-order chi connectivity index (χ1) is 15.2. The van der Waals surface area contributed by atoms with Crippen LogP contribution in [0.2, 0.25) is 0 Å². The van der Waals surface area contributed by atoms with Gasteiger partial charge in [0.2, 0.25) is 5.91 Å². The van der Waals surface area contributed by atoms with Gasteiger partial charge in [0.25, 0.3) is 0 Å². The lowest BCUT2D eigenvalue weighted by molar-refractivity contribution is -0.145. The van der Waals surface area contributed by atoms with Gasteiger partial charge in [-0.25, -0.2) is 9.78 Å². The number of H-pyrrole nitrogens is 1. The number of nitrogens with zero attached hydrogens (tertiary/aromatic N) is 1. The molecule has 178 valence electrons. The number of nitrogens with one attached hydrogen (secondary N) is 2. The highest BCUT2D eigenvalue weighted by Crippen LogP contribution is 2.13. The Morgan fingerprint density at radius 3 is 1.87 bits per heavy atom. The lowest BCUT2D eigenvalue weighted by Gasteiger charge is -2.15. The van der Waals surface area contributed by atoms with Gasteiger partial charge in [-0.05, 0) is 6.42 Å². The van der Waals surface area contributed by atoms with E-state index in [-0.39, 0.29) is 5.91 Å². The Morgan fingerprint density at radius 2 is 1.42 bits per heavy atom. The number of esters is 1. The van der Waals surface area contributed by atoms with Crippen molar-refractivity contribution < 1.29 is 14.3 Å². The van der Waals surface area contributed by atoms with Crippen LogP contribution < -0.4 is 5.32 Å². The van der Waals surface area contributed by atoms with Crippen molar-refractivity contribution in [3.05, 3.63) is 18.2 Å². The van der Waals surface area contributed by atoms with Gasteiger partial charge in [-0.3, -0.25) is 4.79 Å². The molecule has 1 atom stereocenters. The summed E-state index contributed by atoms with van der Waals surface area (Å²) in [5.74, 6) is -0.524. The van der Waals surface area contributed by atoms with Crippen LogP contribution in [0.3, 0.4) is 0 Å². The number of ether oxygens (including phenoxy) is 1. The van der Waals surface area contributed by atoms with Crippen LogP contribution in [-0.4, -0.2) is 35.0 Å². The lowest BCUT2D eigenvalue weighted by Crippen LogP contribution is -2.43. The van der Waals surface area contributed by atoms with Crippen LogP contribution in [0.1, 0.15) is 115 Å². The zero-order valence-electron chi connectivity index (χ0n) is 19.9. The Bertz CT molecular complexity index is 560. The molecule has 0 radical (unpaired) electrons. The Kier molecular flexibility index (Phi) is 16.6. The van der Waals surface area contributed by atoms with Crippen molar-refractivity contribution in [1.82, 2.24) is 15.3 Å². The average Bonchev–Trinajstić information content (AvgIpc) is 3.28. The Labute approximate surface area is 189 Å². The molecule has 6 nitrogen and oxygen atoms in total. The number of unbranched alkanes of at least 4 members (excludes halogenated alkanes) is 14. The van der Waals surface area contributed by atoms with Crippen LogP contribution in [0.15, 0.2) is 12.5 Å². The molecule has 1 rings (SSSR count). The van der Waals surface area contributed by atoms with Crippen LogP contribution in [0, 0.1) is 0 Å². The third-order valence-electron chi connectivity index (χ3n) is 5.81. The van der Waals surface area contributed by atoms with Crippen molar-refractivity contribution >= 4 is 11.9 Å². The van der Waals surface area contributed by atoms with Gasteiger partial charge in [-0.2, -0.15) is 0 Å². The summed E-state index contributed by atoms with van der Waals surface area (Å²) in [7, 11) is 1.34. The van der Waals surface area contributed by atoms with Gasteiger partial charge < -0.3 is 15.0 Å². The summed E-state index contributed by atoms with van der Waals surface area (Å²) in [6.45, 7) is 2.27. The number of rotatable bonds is 20. The van der Waals surface area contributed by atoms with Gasteiger partial charge in [0.05, 0.1) is 13.4 Å². The lowest BCUT2D eigenvalue weighted by atomic mass is 10.0. The second-order valence-electron chi connectivity index (χ2n) is 8.62. The van der Waals surface area contributed by atoms with Gasteiger partial charge in [-0.15, -0.1) is 0 Å². The number of hydrogen-bond acceptors (Lipinski definition) is 4. The van der Waals surface area contributed by atoms with E-state index in [4.69, 9.17) is 4.74 Å². The third-order valence-corrected chi connectivity index (χ3v) is 5.81. The van der Waals surface area contributed by atoms with E-state index in [0.717, 1.165) is 18.5 Å². The Balaban J connectivity index is 1.96. The highest BCUT2D eigenvalue weighted by molar-refractivity contribution is 5.84. The smallest absolute Gasteiger partial charge is 0.328 e. The molecule has 0 aliphatic rings. The van der Waals surface area contributed by atoms with Crippen molar-refractivity contribution in [2.24, 2.45) is 0 Å². The minimum atomic E-state index is -0.672. The van der Waals surface area contributed by atoms with Crippen LogP contribution in [-0.2, 0) is 20.7 Å². The summed E-state index contributed by atoms with van der Waals surface area (Å²) in [5, 5.41) is 2.79. The molecule has 0 aliphatic heterocycles. The fourth-order valence-corrected chi connectivity index (χ4v) is 3.88. The van der Waals surface area contributed by atoms with Crippen molar-refractivity contribution in [3.63, 3.8) is 0 Å². The molecular formula is C25H45N3O3. The number of aromatic amines is 1. The normalized spacial score (nSPS) is 11.9. The molecule has 0 aromatic carbocycles. The van der Waals surface area contributed by atoms with Crippen molar-refractivity contribution in [2.45, 2.75) is 122 Å². The molecule has 1 aromatic heterocycles. The zero-order valence-corrected chi connectivity index (χ0v) is 19.9. The highest BCUT2D eigenvalue weighted by Gasteiger charge is 2.22. The highest BCUT2D eigenvalue weighted by atomic mass is 16.5. The second-order valence-corrected chi connectivity index (χ2v) is 8.62. The van der Waals surface area contributed by atoms with Crippen molar-refractivity contribution in [2.75, 3.05) is 7.11 Å². The van der Waals surface area contributed by atoms with E-state index >= 15 is 0 Å². The number of hydrogen-bond donors (Lipinski definition) is 2. The van der Waals surface area contributed by atoms with Crippen molar-refractivity contribution in [1.29, 1.82) is 0 Å². The van der Waals surface area contributed by atoms with E-state index in [0.29, 0.717) is 12.8 Å². The predicted molar refractivity (Wildman–Crippen MR) is 126 cm³/mol. The monoisotopic (exact) mass is 435 g/mol. The summed E-state index contributed by atoms with van der Waals surface area (Å²) in [6, 6.07) is -0.672. The number of amides is 1. The largest absolute Gasteiger partial charge is 0.467 e. The standard InChI is InChI=1S/C25H45N3O3/c1-3-4-5-6-7-8-9-10-11-12-13-14-15-16-17-18-24(29)28-23(25(30)31-2)19-22-20-26-21-27-22/h20-21,23H,3-19H2,1-2H3,(H,26,27)(H,28,29)/t23-/m1/s1. The van der Waals surface area contributed by atoms with Gasteiger partial charge in [-0.1, -0.05) is 96.8 Å². The maximum atomic E-state index is 12.2. The summed E-state index contributed by atoms with van der Waals surface area (Å²) in [6.07, 6.45) is 23.5. The summed E-state index contributed by atoms with van der Waals surface area (Å²) >= 11 is 0. The molecule has 2 N–H and O–H groups in total. The van der Waals surface area contributed by atoms with E-state index in [1.54, 1.807) is 12.5 Å². The molecule has 0 saturated carbocycles.